The van der Waals surface area contributed by atoms with E-state index >= 15 is 0 Å². The van der Waals surface area contributed by atoms with E-state index in [2.05, 4.69) is 0 Å². The van der Waals surface area contributed by atoms with E-state index in [-0.39, 0.29) is 11.1 Å². The van der Waals surface area contributed by atoms with Crippen LogP contribution in [0, 0.1) is 23.3 Å². The second-order valence-corrected chi connectivity index (χ2v) is 7.15. The zero-order valence-corrected chi connectivity index (χ0v) is 16.7. The van der Waals surface area contributed by atoms with Gasteiger partial charge in [-0.3, -0.25) is 0 Å². The van der Waals surface area contributed by atoms with Crippen LogP contribution >= 0.6 is 0 Å². The van der Waals surface area contributed by atoms with E-state index in [4.69, 9.17) is 0 Å². The average molecular weight is 418 g/mol. The number of hydrogen-bond donors (Lipinski definition) is 0. The van der Waals surface area contributed by atoms with Crippen molar-refractivity contribution in [1.29, 1.82) is 0 Å². The molecule has 0 aliphatic carbocycles. The molecule has 0 amide bonds. The van der Waals surface area contributed by atoms with E-state index in [1.54, 1.807) is 6.07 Å². The zero-order valence-electron chi connectivity index (χ0n) is 16.7. The van der Waals surface area contributed by atoms with Crippen LogP contribution in [-0.4, -0.2) is 0 Å². The first-order chi connectivity index (χ1) is 15.0. The molecule has 0 atom stereocenters. The quantitative estimate of drug-likeness (QED) is 0.231. The lowest BCUT2D eigenvalue weighted by Gasteiger charge is -2.09. The van der Waals surface area contributed by atoms with Crippen LogP contribution in [0.15, 0.2) is 84.9 Å². The van der Waals surface area contributed by atoms with Crippen molar-refractivity contribution in [2.45, 2.75) is 6.92 Å². The van der Waals surface area contributed by atoms with Crippen molar-refractivity contribution >= 4 is 6.08 Å². The molecular formula is C27H18F4. The van der Waals surface area contributed by atoms with Gasteiger partial charge in [0.05, 0.1) is 0 Å². The van der Waals surface area contributed by atoms with E-state index in [1.807, 2.05) is 67.6 Å². The highest BCUT2D eigenvalue weighted by molar-refractivity contribution is 5.74. The van der Waals surface area contributed by atoms with Crippen LogP contribution in [-0.2, 0) is 0 Å². The van der Waals surface area contributed by atoms with Crippen LogP contribution in [0.1, 0.15) is 12.5 Å². The van der Waals surface area contributed by atoms with Crippen LogP contribution in [0.5, 0.6) is 0 Å². The van der Waals surface area contributed by atoms with Gasteiger partial charge >= 0.3 is 0 Å². The molecule has 0 saturated heterocycles. The van der Waals surface area contributed by atoms with Crippen molar-refractivity contribution < 1.29 is 17.6 Å². The zero-order chi connectivity index (χ0) is 22.0. The van der Waals surface area contributed by atoms with Crippen molar-refractivity contribution in [3.63, 3.8) is 0 Å². The topological polar surface area (TPSA) is 0 Å². The molecule has 0 aliphatic rings. The molecule has 0 aliphatic heterocycles. The van der Waals surface area contributed by atoms with E-state index in [0.717, 1.165) is 34.4 Å². The largest absolute Gasteiger partial charge is 0.206 e. The molecule has 0 nitrogen and oxygen atoms in total. The highest BCUT2D eigenvalue weighted by Gasteiger charge is 2.14. The molecule has 0 spiro atoms. The molecule has 0 radical (unpaired) electrons. The fraction of sp³-hybridized carbons (Fsp3) is 0.0370. The molecule has 0 heterocycles. The first-order valence-electron chi connectivity index (χ1n) is 9.74. The molecule has 31 heavy (non-hydrogen) atoms. The maximum Gasteiger partial charge on any atom is 0.194 e. The lowest BCUT2D eigenvalue weighted by atomic mass is 9.97. The molecule has 0 N–H and O–H groups in total. The SMILES string of the molecule is CC=Cc1ccc(-c2ccc(-c3ccc(-c4cc(F)c(F)c(F)c4)c(F)c3)cc2)cc1. The molecule has 4 rings (SSSR count). The van der Waals surface area contributed by atoms with Crippen LogP contribution in [0.2, 0.25) is 0 Å². The predicted octanol–water partition coefficient (Wildman–Crippen LogP) is 8.28. The molecule has 0 fully saturated rings. The summed E-state index contributed by atoms with van der Waals surface area (Å²) in [4.78, 5) is 0. The molecule has 4 aromatic carbocycles. The molecular weight excluding hydrogens is 400 g/mol. The van der Waals surface area contributed by atoms with Gasteiger partial charge in [0.1, 0.15) is 5.82 Å². The van der Waals surface area contributed by atoms with Gasteiger partial charge in [0, 0.05) is 5.56 Å². The third kappa shape index (κ3) is 4.29. The van der Waals surface area contributed by atoms with Crippen molar-refractivity contribution in [3.05, 3.63) is 114 Å². The summed E-state index contributed by atoms with van der Waals surface area (Å²) >= 11 is 0. The Hall–Kier alpha value is -3.66. The molecule has 0 aromatic heterocycles. The maximum atomic E-state index is 14.7. The summed E-state index contributed by atoms with van der Waals surface area (Å²) in [6.07, 6.45) is 4.01. The summed E-state index contributed by atoms with van der Waals surface area (Å²) in [6, 6.07) is 21.8. The van der Waals surface area contributed by atoms with Gasteiger partial charge in [-0.15, -0.1) is 0 Å². The highest BCUT2D eigenvalue weighted by Crippen LogP contribution is 2.31. The standard InChI is InChI=1S/C27H18F4/c1-2-3-17-4-6-18(7-5-17)19-8-10-20(11-9-19)21-12-13-23(24(28)14-21)22-15-25(29)27(31)26(30)16-22/h2-16H,1H3. The van der Waals surface area contributed by atoms with Crippen molar-refractivity contribution in [2.24, 2.45) is 0 Å². The van der Waals surface area contributed by atoms with Crippen LogP contribution in [0.4, 0.5) is 17.6 Å². The molecule has 154 valence electrons. The Morgan fingerprint density at radius 1 is 0.516 bits per heavy atom. The summed E-state index contributed by atoms with van der Waals surface area (Å²) in [5, 5.41) is 0. The summed E-state index contributed by atoms with van der Waals surface area (Å²) in [6.45, 7) is 1.97. The van der Waals surface area contributed by atoms with Gasteiger partial charge in [0.25, 0.3) is 0 Å². The first-order valence-corrected chi connectivity index (χ1v) is 9.74. The normalized spacial score (nSPS) is 11.3. The predicted molar refractivity (Wildman–Crippen MR) is 117 cm³/mol. The van der Waals surface area contributed by atoms with Gasteiger partial charge in [-0.1, -0.05) is 72.8 Å². The number of hydrogen-bond acceptors (Lipinski definition) is 0. The van der Waals surface area contributed by atoms with Gasteiger partial charge in [-0.05, 0) is 58.5 Å². The number of rotatable bonds is 4. The van der Waals surface area contributed by atoms with Gasteiger partial charge in [-0.25, -0.2) is 17.6 Å². The second-order valence-electron chi connectivity index (χ2n) is 7.15. The molecule has 4 heteroatoms. The number of allylic oxidation sites excluding steroid dienone is 1. The summed E-state index contributed by atoms with van der Waals surface area (Å²) < 4.78 is 54.9. The minimum absolute atomic E-state index is 0.000566. The summed E-state index contributed by atoms with van der Waals surface area (Å²) in [5.41, 5.74) is 4.60. The van der Waals surface area contributed by atoms with Gasteiger partial charge < -0.3 is 0 Å². The summed E-state index contributed by atoms with van der Waals surface area (Å²) in [7, 11) is 0. The van der Waals surface area contributed by atoms with Crippen LogP contribution in [0.3, 0.4) is 0 Å². The average Bonchev–Trinajstić information content (AvgIpc) is 2.78. The fourth-order valence-electron chi connectivity index (χ4n) is 3.47. The third-order valence-electron chi connectivity index (χ3n) is 5.09. The third-order valence-corrected chi connectivity index (χ3v) is 5.09. The Balaban J connectivity index is 1.61. The Morgan fingerprint density at radius 2 is 0.968 bits per heavy atom. The highest BCUT2D eigenvalue weighted by atomic mass is 19.2. The van der Waals surface area contributed by atoms with Crippen molar-refractivity contribution in [1.82, 2.24) is 0 Å². The van der Waals surface area contributed by atoms with E-state index in [9.17, 15) is 17.6 Å². The Morgan fingerprint density at radius 3 is 1.48 bits per heavy atom. The van der Waals surface area contributed by atoms with Crippen LogP contribution < -0.4 is 0 Å². The minimum Gasteiger partial charge on any atom is -0.206 e. The smallest absolute Gasteiger partial charge is 0.194 e. The van der Waals surface area contributed by atoms with E-state index in [1.165, 1.54) is 12.1 Å². The Kier molecular flexibility index (Phi) is 5.72. The first kappa shape index (κ1) is 20.6. The lowest BCUT2D eigenvalue weighted by Crippen LogP contribution is -1.94. The summed E-state index contributed by atoms with van der Waals surface area (Å²) in [5.74, 6) is -4.93. The Labute approximate surface area is 178 Å². The number of benzene rings is 4. The molecule has 0 bridgehead atoms. The Bertz CT molecular complexity index is 1230. The van der Waals surface area contributed by atoms with Crippen molar-refractivity contribution in [2.75, 3.05) is 0 Å². The maximum absolute atomic E-state index is 14.7. The number of halogens is 4. The van der Waals surface area contributed by atoms with E-state index in [0.29, 0.717) is 5.56 Å². The molecule has 0 unspecified atom stereocenters. The van der Waals surface area contributed by atoms with Gasteiger partial charge in [0.2, 0.25) is 0 Å². The van der Waals surface area contributed by atoms with Gasteiger partial charge in [-0.2, -0.15) is 0 Å². The van der Waals surface area contributed by atoms with Gasteiger partial charge in [0.15, 0.2) is 17.5 Å². The van der Waals surface area contributed by atoms with Crippen molar-refractivity contribution in [3.8, 4) is 33.4 Å². The molecule has 4 aromatic rings. The second kappa shape index (κ2) is 8.60. The fourth-order valence-corrected chi connectivity index (χ4v) is 3.47. The van der Waals surface area contributed by atoms with E-state index < -0.39 is 23.3 Å². The van der Waals surface area contributed by atoms with Crippen LogP contribution in [0.25, 0.3) is 39.5 Å². The lowest BCUT2D eigenvalue weighted by molar-refractivity contribution is 0.447. The molecule has 0 saturated carbocycles. The monoisotopic (exact) mass is 418 g/mol. The minimum atomic E-state index is -1.57.